The molecule has 2 aliphatic rings. The fraction of sp³-hybridized carbons (Fsp3) is 0.308. The first-order chi connectivity index (χ1) is 15.7. The second kappa shape index (κ2) is 9.02. The van der Waals surface area contributed by atoms with Crippen LogP contribution in [0.15, 0.2) is 59.2 Å². The van der Waals surface area contributed by atoms with Gasteiger partial charge in [-0.2, -0.15) is 5.26 Å². The molecule has 2 aromatic carbocycles. The molecule has 7 heteroatoms. The van der Waals surface area contributed by atoms with E-state index in [1.165, 1.54) is 36.0 Å². The molecule has 0 radical (unpaired) electrons. The van der Waals surface area contributed by atoms with Crippen LogP contribution in [0, 0.1) is 28.4 Å². The molecule has 1 atom stereocenters. The lowest BCUT2D eigenvalue weighted by Crippen LogP contribution is -2.38. The Labute approximate surface area is 202 Å². The predicted octanol–water partition coefficient (Wildman–Crippen LogP) is 7.29. The minimum Gasteiger partial charge on any atom is -0.377 e. The smallest absolute Gasteiger partial charge is 0.150 e. The molecule has 2 aromatic rings. The number of halogens is 4. The molecule has 1 unspecified atom stereocenters. The summed E-state index contributed by atoms with van der Waals surface area (Å²) in [5.41, 5.74) is 0.0546. The van der Waals surface area contributed by atoms with Crippen molar-refractivity contribution in [3.05, 3.63) is 87.1 Å². The standard InChI is InChI=1S/C26H22Cl2F2N2O/c1-25(2,16-8-10-33-11-9-16)13-23-26(15-31,19-7-6-17(27)12-22(19)29)20(14-32-23)18-4-3-5-21(28)24(18)30/h3-8,12,14H,9-11,13H2,1-2H3. The fourth-order valence-corrected chi connectivity index (χ4v) is 4.94. The van der Waals surface area contributed by atoms with Crippen LogP contribution in [0.3, 0.4) is 0 Å². The third kappa shape index (κ3) is 4.12. The molecule has 0 bridgehead atoms. The van der Waals surface area contributed by atoms with Crippen LogP contribution in [-0.4, -0.2) is 18.9 Å². The van der Waals surface area contributed by atoms with E-state index in [0.29, 0.717) is 25.3 Å². The average Bonchev–Trinajstić information content (AvgIpc) is 3.14. The Morgan fingerprint density at radius 3 is 2.67 bits per heavy atom. The van der Waals surface area contributed by atoms with Gasteiger partial charge in [-0.25, -0.2) is 8.78 Å². The van der Waals surface area contributed by atoms with Crippen LogP contribution in [0.25, 0.3) is 5.57 Å². The van der Waals surface area contributed by atoms with E-state index in [1.54, 1.807) is 6.07 Å². The minimum atomic E-state index is -1.64. The first kappa shape index (κ1) is 23.6. The number of nitrogens with zero attached hydrogens (tertiary/aromatic N) is 2. The first-order valence-electron chi connectivity index (χ1n) is 10.6. The zero-order valence-electron chi connectivity index (χ0n) is 18.3. The third-order valence-electron chi connectivity index (χ3n) is 6.37. The number of ether oxygens (including phenoxy) is 1. The van der Waals surface area contributed by atoms with Crippen molar-refractivity contribution >= 4 is 34.5 Å². The van der Waals surface area contributed by atoms with Crippen LogP contribution in [0.4, 0.5) is 8.78 Å². The van der Waals surface area contributed by atoms with Gasteiger partial charge in [-0.3, -0.25) is 4.99 Å². The van der Waals surface area contributed by atoms with Gasteiger partial charge < -0.3 is 4.74 Å². The number of hydrogen-bond donors (Lipinski definition) is 0. The molecule has 3 nitrogen and oxygen atoms in total. The molecule has 0 aromatic heterocycles. The SMILES string of the molecule is CC(C)(CC1=NC=C(c2cccc(Cl)c2F)C1(C#N)c1ccc(Cl)cc1F)C1=CCOCC1. The summed E-state index contributed by atoms with van der Waals surface area (Å²) in [5.74, 6) is -1.34. The number of nitriles is 1. The molecule has 170 valence electrons. The summed E-state index contributed by atoms with van der Waals surface area (Å²) in [7, 11) is 0. The molecular weight excluding hydrogens is 465 g/mol. The molecule has 0 saturated carbocycles. The first-order valence-corrected chi connectivity index (χ1v) is 11.3. The van der Waals surface area contributed by atoms with Gasteiger partial charge in [0.2, 0.25) is 0 Å². The van der Waals surface area contributed by atoms with Crippen molar-refractivity contribution in [2.45, 2.75) is 32.1 Å². The maximum Gasteiger partial charge on any atom is 0.150 e. The summed E-state index contributed by atoms with van der Waals surface area (Å²) >= 11 is 12.0. The zero-order valence-corrected chi connectivity index (χ0v) is 19.8. The molecular formula is C26H22Cl2F2N2O. The van der Waals surface area contributed by atoms with Crippen LogP contribution >= 0.6 is 23.2 Å². The van der Waals surface area contributed by atoms with Gasteiger partial charge in [0, 0.05) is 33.6 Å². The highest BCUT2D eigenvalue weighted by Gasteiger charge is 2.49. The summed E-state index contributed by atoms with van der Waals surface area (Å²) in [6.45, 7) is 5.27. The van der Waals surface area contributed by atoms with E-state index in [2.05, 4.69) is 24.9 Å². The van der Waals surface area contributed by atoms with E-state index < -0.39 is 17.0 Å². The van der Waals surface area contributed by atoms with Crippen molar-refractivity contribution < 1.29 is 13.5 Å². The minimum absolute atomic E-state index is 0.0769. The second-order valence-electron chi connectivity index (χ2n) is 8.82. The molecule has 4 rings (SSSR count). The quantitative estimate of drug-likeness (QED) is 0.416. The van der Waals surface area contributed by atoms with Crippen LogP contribution in [0.2, 0.25) is 10.0 Å². The molecule has 0 N–H and O–H groups in total. The molecule has 2 heterocycles. The van der Waals surface area contributed by atoms with Gasteiger partial charge in [-0.05, 0) is 36.5 Å². The fourth-order valence-electron chi connectivity index (χ4n) is 4.61. The zero-order chi connectivity index (χ0) is 23.8. The topological polar surface area (TPSA) is 45.4 Å². The lowest BCUT2D eigenvalue weighted by Gasteiger charge is -2.35. The third-order valence-corrected chi connectivity index (χ3v) is 6.90. The summed E-state index contributed by atoms with van der Waals surface area (Å²) in [6.07, 6.45) is 4.63. The van der Waals surface area contributed by atoms with Crippen molar-refractivity contribution in [3.63, 3.8) is 0 Å². The Kier molecular flexibility index (Phi) is 6.46. The number of rotatable bonds is 5. The van der Waals surface area contributed by atoms with E-state index >= 15 is 8.78 Å². The lowest BCUT2D eigenvalue weighted by atomic mass is 9.65. The second-order valence-corrected chi connectivity index (χ2v) is 9.66. The number of allylic oxidation sites excluding steroid dienone is 1. The molecule has 33 heavy (non-hydrogen) atoms. The largest absolute Gasteiger partial charge is 0.377 e. The van der Waals surface area contributed by atoms with Crippen LogP contribution in [-0.2, 0) is 10.2 Å². The average molecular weight is 487 g/mol. The van der Waals surface area contributed by atoms with Gasteiger partial charge in [0.05, 0.1) is 24.3 Å². The highest BCUT2D eigenvalue weighted by molar-refractivity contribution is 6.31. The highest BCUT2D eigenvalue weighted by Crippen LogP contribution is 2.49. The summed E-state index contributed by atoms with van der Waals surface area (Å²) in [5, 5.41) is 10.7. The number of benzene rings is 2. The summed E-state index contributed by atoms with van der Waals surface area (Å²) < 4.78 is 35.8. The molecule has 0 aliphatic carbocycles. The molecule has 0 saturated heterocycles. The van der Waals surface area contributed by atoms with Crippen LogP contribution < -0.4 is 0 Å². The van der Waals surface area contributed by atoms with Gasteiger partial charge in [-0.15, -0.1) is 0 Å². The Morgan fingerprint density at radius 2 is 2.00 bits per heavy atom. The van der Waals surface area contributed by atoms with Gasteiger partial charge in [0.15, 0.2) is 5.41 Å². The molecule has 0 spiro atoms. The van der Waals surface area contributed by atoms with E-state index in [0.717, 1.165) is 12.5 Å². The maximum atomic E-state index is 15.3. The number of aliphatic imine (C=N–C) groups is 1. The van der Waals surface area contributed by atoms with Crippen molar-refractivity contribution in [2.75, 3.05) is 13.2 Å². The summed E-state index contributed by atoms with van der Waals surface area (Å²) in [4.78, 5) is 4.57. The maximum absolute atomic E-state index is 15.3. The van der Waals surface area contributed by atoms with Gasteiger partial charge in [0.1, 0.15) is 11.6 Å². The van der Waals surface area contributed by atoms with Gasteiger partial charge in [0.25, 0.3) is 0 Å². The van der Waals surface area contributed by atoms with E-state index in [-0.39, 0.29) is 32.2 Å². The molecule has 0 amide bonds. The van der Waals surface area contributed by atoms with Crippen molar-refractivity contribution in [1.29, 1.82) is 5.26 Å². The Morgan fingerprint density at radius 1 is 1.21 bits per heavy atom. The Hall–Kier alpha value is -2.52. The van der Waals surface area contributed by atoms with E-state index in [4.69, 9.17) is 27.9 Å². The Bertz CT molecular complexity index is 1240. The van der Waals surface area contributed by atoms with Crippen molar-refractivity contribution in [2.24, 2.45) is 10.4 Å². The highest BCUT2D eigenvalue weighted by atomic mass is 35.5. The van der Waals surface area contributed by atoms with Gasteiger partial charge in [-0.1, -0.05) is 66.9 Å². The predicted molar refractivity (Wildman–Crippen MR) is 127 cm³/mol. The van der Waals surface area contributed by atoms with Crippen molar-refractivity contribution in [1.82, 2.24) is 0 Å². The van der Waals surface area contributed by atoms with Gasteiger partial charge >= 0.3 is 0 Å². The van der Waals surface area contributed by atoms with E-state index in [9.17, 15) is 5.26 Å². The normalized spacial score (nSPS) is 20.7. The van der Waals surface area contributed by atoms with E-state index in [1.807, 2.05) is 6.08 Å². The monoisotopic (exact) mass is 486 g/mol. The van der Waals surface area contributed by atoms with Crippen molar-refractivity contribution in [3.8, 4) is 6.07 Å². The Balaban J connectivity index is 1.88. The molecule has 2 aliphatic heterocycles. The molecule has 0 fully saturated rings. The lowest BCUT2D eigenvalue weighted by molar-refractivity contribution is 0.146. The van der Waals surface area contributed by atoms with Crippen LogP contribution in [0.1, 0.15) is 37.8 Å². The van der Waals surface area contributed by atoms with Crippen LogP contribution in [0.5, 0.6) is 0 Å². The number of hydrogen-bond acceptors (Lipinski definition) is 3. The summed E-state index contributed by atoms with van der Waals surface area (Å²) in [6, 6.07) is 11.0.